The Morgan fingerprint density at radius 2 is 1.82 bits per heavy atom. The summed E-state index contributed by atoms with van der Waals surface area (Å²) < 4.78 is 1.49. The molecule has 3 heterocycles. The van der Waals surface area contributed by atoms with Crippen LogP contribution in [-0.4, -0.2) is 45.3 Å². The van der Waals surface area contributed by atoms with Gasteiger partial charge in [-0.05, 0) is 44.1 Å². The van der Waals surface area contributed by atoms with Crippen molar-refractivity contribution in [2.75, 3.05) is 24.5 Å². The summed E-state index contributed by atoms with van der Waals surface area (Å²) in [6.07, 6.45) is 7.26. The lowest BCUT2D eigenvalue weighted by Crippen LogP contribution is -2.42. The molecule has 8 heteroatoms. The highest BCUT2D eigenvalue weighted by atomic mass is 16.2. The molecule has 0 spiro atoms. The molecule has 1 saturated heterocycles. The number of nitrogens with one attached hydrogen (secondary N) is 1. The number of anilines is 1. The molecule has 1 N–H and O–H groups in total. The van der Waals surface area contributed by atoms with Crippen LogP contribution in [0.2, 0.25) is 0 Å². The van der Waals surface area contributed by atoms with Crippen molar-refractivity contribution in [3.63, 3.8) is 0 Å². The second-order valence-corrected chi connectivity index (χ2v) is 9.06. The van der Waals surface area contributed by atoms with Crippen molar-refractivity contribution in [1.29, 1.82) is 0 Å². The molecule has 0 bridgehead atoms. The number of hydrogen-bond acceptors (Lipinski definition) is 6. The summed E-state index contributed by atoms with van der Waals surface area (Å²) in [4.78, 5) is 36.1. The van der Waals surface area contributed by atoms with Gasteiger partial charge in [-0.1, -0.05) is 30.3 Å². The van der Waals surface area contributed by atoms with Gasteiger partial charge in [-0.2, -0.15) is 5.10 Å². The molecule has 2 aromatic heterocycles. The molecule has 3 aromatic rings. The van der Waals surface area contributed by atoms with E-state index in [-0.39, 0.29) is 17.4 Å². The molecule has 0 radical (unpaired) electrons. The first-order valence-electron chi connectivity index (χ1n) is 12.2. The Hall–Kier alpha value is -3.55. The van der Waals surface area contributed by atoms with E-state index in [9.17, 15) is 9.59 Å². The van der Waals surface area contributed by atoms with E-state index in [1.807, 2.05) is 36.4 Å². The van der Waals surface area contributed by atoms with Gasteiger partial charge in [0.25, 0.3) is 5.56 Å². The fraction of sp³-hybridized carbons (Fsp3) is 0.423. The lowest BCUT2D eigenvalue weighted by molar-refractivity contribution is -0.125. The van der Waals surface area contributed by atoms with Crippen LogP contribution in [0.1, 0.15) is 36.9 Å². The molecule has 1 aliphatic heterocycles. The van der Waals surface area contributed by atoms with Crippen LogP contribution < -0.4 is 15.8 Å². The number of carbonyl (C=O) groups excluding carboxylic acids is 1. The van der Waals surface area contributed by atoms with Crippen LogP contribution in [0.5, 0.6) is 0 Å². The summed E-state index contributed by atoms with van der Waals surface area (Å²) >= 11 is 0. The zero-order chi connectivity index (χ0) is 23.3. The van der Waals surface area contributed by atoms with Crippen LogP contribution in [-0.2, 0) is 24.2 Å². The van der Waals surface area contributed by atoms with E-state index in [1.165, 1.54) is 4.68 Å². The normalized spacial score (nSPS) is 16.2. The molecule has 34 heavy (non-hydrogen) atoms. The minimum absolute atomic E-state index is 0.0279. The molecule has 1 aliphatic carbocycles. The Balaban J connectivity index is 1.12. The number of aromatic nitrogens is 4. The fourth-order valence-corrected chi connectivity index (χ4v) is 4.85. The first kappa shape index (κ1) is 22.3. The van der Waals surface area contributed by atoms with Crippen LogP contribution in [0.25, 0.3) is 11.3 Å². The van der Waals surface area contributed by atoms with E-state index in [2.05, 4.69) is 25.3 Å². The number of hydrogen-bond donors (Lipinski definition) is 1. The van der Waals surface area contributed by atoms with Gasteiger partial charge in [0.05, 0.1) is 17.9 Å². The van der Waals surface area contributed by atoms with Gasteiger partial charge in [0, 0.05) is 43.2 Å². The molecule has 1 aromatic carbocycles. The highest BCUT2D eigenvalue weighted by Crippen LogP contribution is 2.25. The van der Waals surface area contributed by atoms with Crippen LogP contribution in [0, 0.1) is 5.92 Å². The number of piperidine rings is 1. The SMILES string of the molecule is O=C(NCCn1nc2c(cc1=O)CCCC2)C1CCN(c2cc(-c3ccccc3)ncn2)CC1. The Bertz CT molecular complexity index is 1200. The molecule has 5 rings (SSSR count). The second-order valence-electron chi connectivity index (χ2n) is 9.06. The quantitative estimate of drug-likeness (QED) is 0.610. The lowest BCUT2D eigenvalue weighted by Gasteiger charge is -2.32. The van der Waals surface area contributed by atoms with E-state index >= 15 is 0 Å². The molecular formula is C26H30N6O2. The monoisotopic (exact) mass is 458 g/mol. The van der Waals surface area contributed by atoms with Gasteiger partial charge in [-0.3, -0.25) is 9.59 Å². The van der Waals surface area contributed by atoms with Crippen molar-refractivity contribution in [2.24, 2.45) is 5.92 Å². The number of aryl methyl sites for hydroxylation is 2. The molecule has 0 atom stereocenters. The van der Waals surface area contributed by atoms with Gasteiger partial charge in [0.15, 0.2) is 0 Å². The summed E-state index contributed by atoms with van der Waals surface area (Å²) in [5.74, 6) is 0.920. The Morgan fingerprint density at radius 3 is 2.65 bits per heavy atom. The maximum absolute atomic E-state index is 12.7. The van der Waals surface area contributed by atoms with Crippen LogP contribution >= 0.6 is 0 Å². The molecule has 0 unspecified atom stereocenters. The van der Waals surface area contributed by atoms with Gasteiger partial charge in [0.2, 0.25) is 5.91 Å². The molecule has 2 aliphatic rings. The molecule has 8 nitrogen and oxygen atoms in total. The molecule has 1 amide bonds. The highest BCUT2D eigenvalue weighted by molar-refractivity contribution is 5.79. The van der Waals surface area contributed by atoms with E-state index in [1.54, 1.807) is 12.4 Å². The predicted octanol–water partition coefficient (Wildman–Crippen LogP) is 2.61. The first-order valence-corrected chi connectivity index (χ1v) is 12.2. The average Bonchev–Trinajstić information content (AvgIpc) is 2.89. The number of nitrogens with zero attached hydrogens (tertiary/aromatic N) is 5. The van der Waals surface area contributed by atoms with Gasteiger partial charge in [0.1, 0.15) is 12.1 Å². The number of rotatable bonds is 6. The van der Waals surface area contributed by atoms with Gasteiger partial charge in [-0.25, -0.2) is 14.6 Å². The van der Waals surface area contributed by atoms with Gasteiger partial charge >= 0.3 is 0 Å². The number of benzene rings is 1. The van der Waals surface area contributed by atoms with E-state index in [0.717, 1.165) is 79.9 Å². The first-order chi connectivity index (χ1) is 16.7. The van der Waals surface area contributed by atoms with Crippen LogP contribution in [0.3, 0.4) is 0 Å². The molecular weight excluding hydrogens is 428 g/mol. The zero-order valence-corrected chi connectivity index (χ0v) is 19.3. The molecule has 0 saturated carbocycles. The number of fused-ring (bicyclic) bond motifs is 1. The topological polar surface area (TPSA) is 93.0 Å². The van der Waals surface area contributed by atoms with Gasteiger partial charge in [-0.15, -0.1) is 0 Å². The third kappa shape index (κ3) is 5.00. The summed E-state index contributed by atoms with van der Waals surface area (Å²) in [6, 6.07) is 13.8. The van der Waals surface area contributed by atoms with Crippen molar-refractivity contribution in [3.05, 3.63) is 70.4 Å². The minimum atomic E-state index is -0.0806. The summed E-state index contributed by atoms with van der Waals surface area (Å²) in [5, 5.41) is 7.54. The Morgan fingerprint density at radius 1 is 1.03 bits per heavy atom. The zero-order valence-electron chi connectivity index (χ0n) is 19.3. The molecule has 176 valence electrons. The van der Waals surface area contributed by atoms with Crippen molar-refractivity contribution in [2.45, 2.75) is 45.1 Å². The lowest BCUT2D eigenvalue weighted by atomic mass is 9.96. The van der Waals surface area contributed by atoms with E-state index in [4.69, 9.17) is 0 Å². The number of amides is 1. The van der Waals surface area contributed by atoms with Crippen LogP contribution in [0.4, 0.5) is 5.82 Å². The smallest absolute Gasteiger partial charge is 0.267 e. The van der Waals surface area contributed by atoms with E-state index in [0.29, 0.717) is 13.1 Å². The third-order valence-electron chi connectivity index (χ3n) is 6.81. The largest absolute Gasteiger partial charge is 0.356 e. The third-order valence-corrected chi connectivity index (χ3v) is 6.81. The van der Waals surface area contributed by atoms with Crippen molar-refractivity contribution in [3.8, 4) is 11.3 Å². The summed E-state index contributed by atoms with van der Waals surface area (Å²) in [7, 11) is 0. The van der Waals surface area contributed by atoms with Gasteiger partial charge < -0.3 is 10.2 Å². The Kier molecular flexibility index (Phi) is 6.65. The fourth-order valence-electron chi connectivity index (χ4n) is 4.85. The van der Waals surface area contributed by atoms with Crippen molar-refractivity contribution in [1.82, 2.24) is 25.1 Å². The average molecular weight is 459 g/mol. The number of carbonyl (C=O) groups is 1. The second kappa shape index (κ2) is 10.2. The van der Waals surface area contributed by atoms with E-state index < -0.39 is 0 Å². The summed E-state index contributed by atoms with van der Waals surface area (Å²) in [6.45, 7) is 2.36. The highest BCUT2D eigenvalue weighted by Gasteiger charge is 2.25. The Labute approximate surface area is 199 Å². The molecule has 1 fully saturated rings. The maximum atomic E-state index is 12.7. The standard InChI is InChI=1S/C26H30N6O2/c33-25-16-21-8-4-5-9-22(21)30-32(25)15-12-27-26(34)20-10-13-31(14-11-20)24-17-23(28-18-29-24)19-6-2-1-3-7-19/h1-3,6-7,16-18,20H,4-5,8-15H2,(H,27,34). The minimum Gasteiger partial charge on any atom is -0.356 e. The van der Waals surface area contributed by atoms with Crippen molar-refractivity contribution < 1.29 is 4.79 Å². The summed E-state index contributed by atoms with van der Waals surface area (Å²) in [5.41, 5.74) is 4.00. The van der Waals surface area contributed by atoms with Crippen molar-refractivity contribution >= 4 is 11.7 Å². The van der Waals surface area contributed by atoms with Crippen LogP contribution in [0.15, 0.2) is 53.6 Å². The predicted molar refractivity (Wildman–Crippen MR) is 131 cm³/mol. The maximum Gasteiger partial charge on any atom is 0.267 e.